The van der Waals surface area contributed by atoms with Gasteiger partial charge in [-0.05, 0) is 107 Å². The van der Waals surface area contributed by atoms with Gasteiger partial charge in [-0.3, -0.25) is 19.8 Å². The fourth-order valence-electron chi connectivity index (χ4n) is 7.24. The number of thiophene rings is 1. The van der Waals surface area contributed by atoms with Gasteiger partial charge in [0, 0.05) is 59.0 Å². The van der Waals surface area contributed by atoms with Crippen molar-refractivity contribution in [3.63, 3.8) is 0 Å². The molecule has 55 heavy (non-hydrogen) atoms. The third-order valence-electron chi connectivity index (χ3n) is 10.0. The van der Waals surface area contributed by atoms with Gasteiger partial charge in [0.15, 0.2) is 0 Å². The summed E-state index contributed by atoms with van der Waals surface area (Å²) < 4.78 is 4.48. The predicted molar refractivity (Wildman–Crippen MR) is 229 cm³/mol. The van der Waals surface area contributed by atoms with Crippen molar-refractivity contribution in [3.8, 4) is 43.4 Å². The SMILES string of the molecule is Cn1c(-c2ccccc2)ccc1N(c1ccc(-c2ccc(-c3ccc(N(c4cccnc4)c4ccc(-c5ccccc5)n4C)cc3)s2)cc1)c1cccnc1. The molecule has 0 bridgehead atoms. The van der Waals surface area contributed by atoms with Gasteiger partial charge in [0.2, 0.25) is 0 Å². The molecule has 0 saturated heterocycles. The molecule has 0 N–H and O–H groups in total. The van der Waals surface area contributed by atoms with E-state index in [2.05, 4.69) is 201 Å². The lowest BCUT2D eigenvalue weighted by Crippen LogP contribution is -2.13. The van der Waals surface area contributed by atoms with Crippen LogP contribution in [-0.4, -0.2) is 19.1 Å². The lowest BCUT2D eigenvalue weighted by Gasteiger charge is -2.26. The second kappa shape index (κ2) is 14.8. The Morgan fingerprint density at radius 2 is 0.800 bits per heavy atom. The van der Waals surface area contributed by atoms with Crippen molar-refractivity contribution in [1.29, 1.82) is 0 Å². The van der Waals surface area contributed by atoms with E-state index in [4.69, 9.17) is 0 Å². The lowest BCUT2D eigenvalue weighted by atomic mass is 10.1. The Morgan fingerprint density at radius 3 is 1.18 bits per heavy atom. The van der Waals surface area contributed by atoms with Crippen LogP contribution in [0.3, 0.4) is 0 Å². The smallest absolute Gasteiger partial charge is 0.117 e. The van der Waals surface area contributed by atoms with Crippen LogP contribution in [0, 0.1) is 0 Å². The molecule has 4 aromatic carbocycles. The fraction of sp³-hybridized carbons (Fsp3) is 0.0417. The van der Waals surface area contributed by atoms with Crippen molar-refractivity contribution in [1.82, 2.24) is 19.1 Å². The quantitative estimate of drug-likeness (QED) is 0.140. The van der Waals surface area contributed by atoms with E-state index in [9.17, 15) is 0 Å². The number of benzene rings is 4. The van der Waals surface area contributed by atoms with Crippen molar-refractivity contribution in [2.24, 2.45) is 14.1 Å². The molecular formula is C48H38N6S. The minimum atomic E-state index is 1.00. The Hall–Kier alpha value is -6.96. The van der Waals surface area contributed by atoms with Gasteiger partial charge < -0.3 is 9.13 Å². The first kappa shape index (κ1) is 33.8. The van der Waals surface area contributed by atoms with Gasteiger partial charge in [-0.2, -0.15) is 0 Å². The van der Waals surface area contributed by atoms with Gasteiger partial charge >= 0.3 is 0 Å². The topological polar surface area (TPSA) is 42.1 Å². The molecule has 0 radical (unpaired) electrons. The van der Waals surface area contributed by atoms with E-state index in [0.29, 0.717) is 0 Å². The Bertz CT molecular complexity index is 2460. The molecule has 0 atom stereocenters. The first-order valence-electron chi connectivity index (χ1n) is 18.3. The highest BCUT2D eigenvalue weighted by molar-refractivity contribution is 7.18. The molecule has 5 aromatic heterocycles. The number of rotatable bonds is 10. The van der Waals surface area contributed by atoms with E-state index in [0.717, 1.165) is 45.8 Å². The van der Waals surface area contributed by atoms with Crippen molar-refractivity contribution in [3.05, 3.63) is 195 Å². The van der Waals surface area contributed by atoms with Gasteiger partial charge in [0.05, 0.1) is 23.8 Å². The summed E-state index contributed by atoms with van der Waals surface area (Å²) in [6.45, 7) is 0. The molecule has 9 rings (SSSR count). The molecule has 7 heteroatoms. The van der Waals surface area contributed by atoms with E-state index in [1.807, 2.05) is 36.9 Å². The molecule has 0 amide bonds. The summed E-state index contributed by atoms with van der Waals surface area (Å²) in [5.74, 6) is 2.12. The normalized spacial score (nSPS) is 11.1. The maximum atomic E-state index is 4.45. The second-order valence-corrected chi connectivity index (χ2v) is 14.4. The zero-order valence-electron chi connectivity index (χ0n) is 30.6. The van der Waals surface area contributed by atoms with Gasteiger partial charge in [0.25, 0.3) is 0 Å². The molecular weight excluding hydrogens is 693 g/mol. The van der Waals surface area contributed by atoms with Crippen molar-refractivity contribution in [2.75, 3.05) is 9.80 Å². The third-order valence-corrected chi connectivity index (χ3v) is 11.2. The van der Waals surface area contributed by atoms with Crippen LogP contribution in [0.2, 0.25) is 0 Å². The summed E-state index contributed by atoms with van der Waals surface area (Å²) in [6, 6.07) is 60.0. The van der Waals surface area contributed by atoms with Crippen LogP contribution < -0.4 is 9.80 Å². The molecule has 9 aromatic rings. The van der Waals surface area contributed by atoms with Gasteiger partial charge in [0.1, 0.15) is 11.6 Å². The van der Waals surface area contributed by atoms with Crippen LogP contribution in [0.5, 0.6) is 0 Å². The van der Waals surface area contributed by atoms with E-state index >= 15 is 0 Å². The Balaban J connectivity index is 0.992. The third kappa shape index (κ3) is 6.62. The summed E-state index contributed by atoms with van der Waals surface area (Å²) >= 11 is 1.80. The molecule has 5 heterocycles. The minimum absolute atomic E-state index is 1.00. The number of pyridine rings is 2. The summed E-state index contributed by atoms with van der Waals surface area (Å²) in [6.07, 6.45) is 7.46. The number of hydrogen-bond donors (Lipinski definition) is 0. The van der Waals surface area contributed by atoms with Crippen molar-refractivity contribution >= 4 is 45.7 Å². The Labute approximate surface area is 325 Å². The standard InChI is InChI=1S/C48H38N6S/c1-51-43(35-11-5-3-6-12-35)25-29-47(51)53(41-15-9-31-49-33-41)39-21-17-37(18-22-39)45-27-28-46(55-45)38-19-23-40(24-20-38)54(42-16-10-32-50-34-42)48-30-26-44(52(48)2)36-13-7-4-8-14-36/h3-34H,1-2H3. The van der Waals surface area contributed by atoms with Crippen LogP contribution in [-0.2, 0) is 14.1 Å². The average molecular weight is 731 g/mol. The molecule has 0 fully saturated rings. The summed E-state index contributed by atoms with van der Waals surface area (Å²) in [5.41, 5.74) is 11.2. The van der Waals surface area contributed by atoms with Crippen LogP contribution in [0.1, 0.15) is 0 Å². The van der Waals surface area contributed by atoms with E-state index in [1.54, 1.807) is 11.3 Å². The zero-order chi connectivity index (χ0) is 37.1. The first-order valence-corrected chi connectivity index (χ1v) is 19.1. The van der Waals surface area contributed by atoms with Crippen LogP contribution in [0.4, 0.5) is 34.4 Å². The minimum Gasteiger partial charge on any atom is -0.330 e. The zero-order valence-corrected chi connectivity index (χ0v) is 31.4. The second-order valence-electron chi connectivity index (χ2n) is 13.4. The lowest BCUT2D eigenvalue weighted by molar-refractivity contribution is 0.920. The number of hydrogen-bond acceptors (Lipinski definition) is 5. The van der Waals surface area contributed by atoms with E-state index in [1.165, 1.54) is 32.0 Å². The van der Waals surface area contributed by atoms with Crippen LogP contribution >= 0.6 is 11.3 Å². The molecule has 0 aliphatic heterocycles. The average Bonchev–Trinajstić information content (AvgIpc) is 4.00. The highest BCUT2D eigenvalue weighted by Gasteiger charge is 2.20. The van der Waals surface area contributed by atoms with Crippen LogP contribution in [0.15, 0.2) is 195 Å². The number of nitrogens with zero attached hydrogens (tertiary/aromatic N) is 6. The Morgan fingerprint density at radius 1 is 0.382 bits per heavy atom. The predicted octanol–water partition coefficient (Wildman–Crippen LogP) is 12.8. The molecule has 0 unspecified atom stereocenters. The molecule has 266 valence electrons. The number of aromatic nitrogens is 4. The summed E-state index contributed by atoms with van der Waals surface area (Å²) in [5, 5.41) is 0. The number of anilines is 6. The van der Waals surface area contributed by atoms with Gasteiger partial charge in [-0.1, -0.05) is 84.9 Å². The fourth-order valence-corrected chi connectivity index (χ4v) is 8.26. The van der Waals surface area contributed by atoms with Gasteiger partial charge in [-0.15, -0.1) is 11.3 Å². The van der Waals surface area contributed by atoms with Crippen molar-refractivity contribution in [2.45, 2.75) is 0 Å². The van der Waals surface area contributed by atoms with Gasteiger partial charge in [-0.25, -0.2) is 0 Å². The molecule has 0 aliphatic rings. The largest absolute Gasteiger partial charge is 0.330 e. The molecule has 0 aliphatic carbocycles. The first-order chi connectivity index (χ1) is 27.1. The maximum absolute atomic E-state index is 4.45. The summed E-state index contributed by atoms with van der Waals surface area (Å²) in [4.78, 5) is 15.9. The monoisotopic (exact) mass is 730 g/mol. The highest BCUT2D eigenvalue weighted by Crippen LogP contribution is 2.41. The van der Waals surface area contributed by atoms with E-state index in [-0.39, 0.29) is 0 Å². The molecule has 0 saturated carbocycles. The van der Waals surface area contributed by atoms with Crippen LogP contribution in [0.25, 0.3) is 43.4 Å². The highest BCUT2D eigenvalue weighted by atomic mass is 32.1. The van der Waals surface area contributed by atoms with Crippen molar-refractivity contribution < 1.29 is 0 Å². The Kier molecular flexibility index (Phi) is 9.12. The molecule has 0 spiro atoms. The summed E-state index contributed by atoms with van der Waals surface area (Å²) in [7, 11) is 4.24. The van der Waals surface area contributed by atoms with E-state index < -0.39 is 0 Å². The maximum Gasteiger partial charge on any atom is 0.117 e. The molecule has 6 nitrogen and oxygen atoms in total.